The van der Waals surface area contributed by atoms with E-state index in [1.807, 2.05) is 46.8 Å². The molecule has 1 aliphatic rings. The van der Waals surface area contributed by atoms with Crippen LogP contribution in [0, 0.1) is 30.9 Å². The van der Waals surface area contributed by atoms with Gasteiger partial charge in [0.2, 0.25) is 12.3 Å². The highest BCUT2D eigenvalue weighted by atomic mass is 35.5. The van der Waals surface area contributed by atoms with Crippen molar-refractivity contribution >= 4 is 46.2 Å². The number of carbonyl (C=O) groups is 2. The Balaban J connectivity index is 0.000000234. The molecule has 1 saturated carbocycles. The molecule has 1 heterocycles. The summed E-state index contributed by atoms with van der Waals surface area (Å²) in [6.07, 6.45) is 3.93. The number of rotatable bonds is 6. The molecule has 0 atom stereocenters. The number of hydrogen-bond acceptors (Lipinski definition) is 4. The minimum absolute atomic E-state index is 0.0258. The van der Waals surface area contributed by atoms with Gasteiger partial charge in [0.05, 0.1) is 16.2 Å². The number of pyridine rings is 1. The summed E-state index contributed by atoms with van der Waals surface area (Å²) in [7, 11) is 0. The Hall–Kier alpha value is -4.04. The van der Waals surface area contributed by atoms with Gasteiger partial charge in [-0.15, -0.1) is 0 Å². The first-order valence-corrected chi connectivity index (χ1v) is 13.3. The second kappa shape index (κ2) is 13.3. The maximum atomic E-state index is 14.2. The largest absolute Gasteiger partial charge is 0.453 e. The van der Waals surface area contributed by atoms with Gasteiger partial charge >= 0.3 is 0 Å². The molecule has 9 heteroatoms. The van der Waals surface area contributed by atoms with Crippen molar-refractivity contribution in [2.75, 3.05) is 10.6 Å². The first kappa shape index (κ1) is 30.5. The molecule has 3 aromatic carbocycles. The average molecular weight is 568 g/mol. The first-order chi connectivity index (χ1) is 19.1. The Bertz CT molecular complexity index is 1510. The summed E-state index contributed by atoms with van der Waals surface area (Å²) in [6.45, 7) is 9.93. The van der Waals surface area contributed by atoms with Gasteiger partial charge in [-0.2, -0.15) is 0 Å². The van der Waals surface area contributed by atoms with Crippen molar-refractivity contribution in [1.82, 2.24) is 4.98 Å². The fourth-order valence-electron chi connectivity index (χ4n) is 3.60. The Morgan fingerprint density at radius 2 is 1.65 bits per heavy atom. The summed E-state index contributed by atoms with van der Waals surface area (Å²) in [5, 5.41) is 6.07. The lowest BCUT2D eigenvalue weighted by atomic mass is 10.1. The van der Waals surface area contributed by atoms with Gasteiger partial charge < -0.3 is 15.4 Å². The smallest absolute Gasteiger partial charge is 0.230 e. The molecule has 1 fully saturated rings. The molecule has 0 unspecified atom stereocenters. The van der Waals surface area contributed by atoms with Gasteiger partial charge in [-0.3, -0.25) is 14.6 Å². The van der Waals surface area contributed by atoms with Gasteiger partial charge in [-0.1, -0.05) is 32.4 Å². The zero-order valence-electron chi connectivity index (χ0n) is 23.1. The number of hydrogen-bond donors (Lipinski definition) is 2. The van der Waals surface area contributed by atoms with Crippen molar-refractivity contribution in [1.29, 1.82) is 0 Å². The molecule has 4 aromatic rings. The van der Waals surface area contributed by atoms with E-state index in [4.69, 9.17) is 16.3 Å². The van der Waals surface area contributed by atoms with Crippen molar-refractivity contribution in [2.24, 2.45) is 5.41 Å². The highest BCUT2D eigenvalue weighted by Gasteiger charge is 2.44. The number of benzene rings is 3. The number of amides is 2. The summed E-state index contributed by atoms with van der Waals surface area (Å²) >= 11 is 6.03. The fourth-order valence-corrected chi connectivity index (χ4v) is 3.81. The Morgan fingerprint density at radius 3 is 2.27 bits per heavy atom. The Kier molecular flexibility index (Phi) is 10.2. The Morgan fingerprint density at radius 1 is 1.00 bits per heavy atom. The summed E-state index contributed by atoms with van der Waals surface area (Å²) in [5.74, 6) is -0.432. The van der Waals surface area contributed by atoms with E-state index >= 15 is 0 Å². The van der Waals surface area contributed by atoms with Crippen molar-refractivity contribution in [2.45, 2.75) is 47.5 Å². The molecule has 210 valence electrons. The lowest BCUT2D eigenvalue weighted by Crippen LogP contribution is -2.21. The van der Waals surface area contributed by atoms with Gasteiger partial charge in [0, 0.05) is 34.8 Å². The maximum absolute atomic E-state index is 14.2. The van der Waals surface area contributed by atoms with Crippen molar-refractivity contribution < 1.29 is 23.1 Å². The number of aromatic nitrogens is 1. The quantitative estimate of drug-likeness (QED) is 0.229. The van der Waals surface area contributed by atoms with Crippen LogP contribution in [-0.4, -0.2) is 17.3 Å². The Labute approximate surface area is 237 Å². The molecule has 6 nitrogen and oxygen atoms in total. The first-order valence-electron chi connectivity index (χ1n) is 12.9. The molecule has 0 saturated heterocycles. The van der Waals surface area contributed by atoms with Crippen LogP contribution >= 0.6 is 11.6 Å². The number of nitrogens with one attached hydrogen (secondary N) is 2. The fraction of sp³-hybridized carbons (Fsp3) is 0.258. The van der Waals surface area contributed by atoms with Crippen molar-refractivity contribution in [3.8, 4) is 11.5 Å². The predicted octanol–water partition coefficient (Wildman–Crippen LogP) is 8.60. The standard InChI is InChI=1S/C18H14ClFN2O2.C11H12FNO.C2H6/c1-10-5-12-15(6-11(10)2)21-4-3-17(12)24-18-7-13(19)16(22-9-23)8-14(18)20;1-11(6-7-11)10(14)13-9-4-2-8(12)3-5-9;1-2/h3-9H,1-2H3,(H,22,23);2-5H,6-7H2,1H3,(H,13,14);1-2H3. The molecule has 1 aromatic heterocycles. The van der Waals surface area contributed by atoms with Gasteiger partial charge in [0.15, 0.2) is 11.6 Å². The normalized spacial score (nSPS) is 12.7. The molecular weight excluding hydrogens is 536 g/mol. The van der Waals surface area contributed by atoms with Crippen LogP contribution in [0.25, 0.3) is 10.9 Å². The number of aryl methyl sites for hydroxylation is 2. The minimum Gasteiger partial charge on any atom is -0.453 e. The van der Waals surface area contributed by atoms with E-state index < -0.39 is 5.82 Å². The maximum Gasteiger partial charge on any atom is 0.230 e. The van der Waals surface area contributed by atoms with Crippen LogP contribution in [-0.2, 0) is 9.59 Å². The van der Waals surface area contributed by atoms with Crippen LogP contribution in [0.5, 0.6) is 11.5 Å². The van der Waals surface area contributed by atoms with Crippen LogP contribution < -0.4 is 15.4 Å². The zero-order valence-corrected chi connectivity index (χ0v) is 23.8. The van der Waals surface area contributed by atoms with Crippen LogP contribution in [0.4, 0.5) is 20.2 Å². The van der Waals surface area contributed by atoms with Crippen LogP contribution in [0.1, 0.15) is 44.7 Å². The van der Waals surface area contributed by atoms with E-state index in [0.717, 1.165) is 40.9 Å². The molecular formula is C31H32ClF2N3O3. The molecule has 1 aliphatic carbocycles. The van der Waals surface area contributed by atoms with Crippen LogP contribution in [0.15, 0.2) is 60.8 Å². The molecule has 0 spiro atoms. The van der Waals surface area contributed by atoms with Gasteiger partial charge in [0.1, 0.15) is 11.6 Å². The van der Waals surface area contributed by atoms with Crippen LogP contribution in [0.2, 0.25) is 5.02 Å². The third kappa shape index (κ3) is 7.54. The summed E-state index contributed by atoms with van der Waals surface area (Å²) in [5.41, 5.74) is 3.62. The number of ether oxygens (including phenoxy) is 1. The number of anilines is 2. The third-order valence-electron chi connectivity index (χ3n) is 6.42. The van der Waals surface area contributed by atoms with Gasteiger partial charge in [-0.25, -0.2) is 8.78 Å². The molecule has 0 bridgehead atoms. The third-order valence-corrected chi connectivity index (χ3v) is 6.74. The van der Waals surface area contributed by atoms with E-state index in [1.54, 1.807) is 24.4 Å². The number of nitrogens with zero attached hydrogens (tertiary/aromatic N) is 1. The monoisotopic (exact) mass is 567 g/mol. The van der Waals surface area contributed by atoms with E-state index in [-0.39, 0.29) is 33.6 Å². The van der Waals surface area contributed by atoms with E-state index in [9.17, 15) is 18.4 Å². The van der Waals surface area contributed by atoms with E-state index in [0.29, 0.717) is 17.8 Å². The predicted molar refractivity (Wildman–Crippen MR) is 156 cm³/mol. The zero-order chi connectivity index (χ0) is 29.4. The van der Waals surface area contributed by atoms with Crippen molar-refractivity contribution in [3.63, 3.8) is 0 Å². The SMILES string of the molecule is CC.CC1(C(=O)Nc2ccc(F)cc2)CC1.Cc1cc2nccc(Oc3cc(Cl)c(NC=O)cc3F)c2cc1C. The van der Waals surface area contributed by atoms with E-state index in [1.165, 1.54) is 18.2 Å². The highest BCUT2D eigenvalue weighted by Crippen LogP contribution is 2.45. The average Bonchev–Trinajstić information content (AvgIpc) is 3.69. The molecule has 40 heavy (non-hydrogen) atoms. The molecule has 2 N–H and O–H groups in total. The van der Waals surface area contributed by atoms with Gasteiger partial charge in [-0.05, 0) is 80.3 Å². The topological polar surface area (TPSA) is 80.3 Å². The minimum atomic E-state index is -0.627. The number of fused-ring (bicyclic) bond motifs is 1. The molecule has 2 amide bonds. The number of carbonyl (C=O) groups excluding carboxylic acids is 2. The van der Waals surface area contributed by atoms with Gasteiger partial charge in [0.25, 0.3) is 0 Å². The molecule has 5 rings (SSSR count). The highest BCUT2D eigenvalue weighted by molar-refractivity contribution is 6.33. The summed E-state index contributed by atoms with van der Waals surface area (Å²) < 4.78 is 32.5. The molecule has 0 radical (unpaired) electrons. The van der Waals surface area contributed by atoms with E-state index in [2.05, 4.69) is 15.6 Å². The number of halogens is 3. The lowest BCUT2D eigenvalue weighted by molar-refractivity contribution is -0.120. The lowest BCUT2D eigenvalue weighted by Gasteiger charge is -2.12. The second-order valence-electron chi connectivity index (χ2n) is 9.41. The van der Waals surface area contributed by atoms with Crippen molar-refractivity contribution in [3.05, 3.63) is 88.6 Å². The van der Waals surface area contributed by atoms with Crippen LogP contribution in [0.3, 0.4) is 0 Å². The second-order valence-corrected chi connectivity index (χ2v) is 9.82. The molecule has 0 aliphatic heterocycles. The summed E-state index contributed by atoms with van der Waals surface area (Å²) in [4.78, 5) is 26.4. The summed E-state index contributed by atoms with van der Waals surface area (Å²) in [6, 6.07) is 13.8.